The van der Waals surface area contributed by atoms with Crippen LogP contribution in [0.1, 0.15) is 0 Å². The third-order valence-electron chi connectivity index (χ3n) is 4.44. The van der Waals surface area contributed by atoms with Gasteiger partial charge in [-0.1, -0.05) is 0 Å². The largest absolute Gasteiger partial charge is 0.394 e. The van der Waals surface area contributed by atoms with E-state index >= 15 is 0 Å². The summed E-state index contributed by atoms with van der Waals surface area (Å²) in [5.41, 5.74) is 0. The molecule has 10 atom stereocenters. The predicted molar refractivity (Wildman–Crippen MR) is 70.1 cm³/mol. The molecule has 10 heteroatoms. The summed E-state index contributed by atoms with van der Waals surface area (Å²) in [7, 11) is 1.39. The minimum absolute atomic E-state index is 0.170. The average molecular weight is 338 g/mol. The topological polar surface area (TPSA) is 147 Å². The Labute approximate surface area is 132 Å². The Bertz CT molecular complexity index is 406. The summed E-state index contributed by atoms with van der Waals surface area (Å²) in [6.45, 7) is -0.382. The summed E-state index contributed by atoms with van der Waals surface area (Å²) in [6.07, 6.45) is -10.9. The van der Waals surface area contributed by atoms with E-state index in [-0.39, 0.29) is 6.61 Å². The lowest BCUT2D eigenvalue weighted by Gasteiger charge is -2.43. The molecule has 0 amide bonds. The highest BCUT2D eigenvalue weighted by atomic mass is 16.8. The van der Waals surface area contributed by atoms with Crippen LogP contribution in [-0.2, 0) is 23.7 Å². The Balaban J connectivity index is 1.69. The number of hydrogen-bond acceptors (Lipinski definition) is 10. The van der Waals surface area contributed by atoms with Gasteiger partial charge in [-0.2, -0.15) is 0 Å². The summed E-state index contributed by atoms with van der Waals surface area (Å²) >= 11 is 0. The van der Waals surface area contributed by atoms with Gasteiger partial charge in [0.15, 0.2) is 12.6 Å². The van der Waals surface area contributed by atoms with Gasteiger partial charge in [0.1, 0.15) is 48.8 Å². The monoisotopic (exact) mass is 338 g/mol. The van der Waals surface area contributed by atoms with Crippen LogP contribution in [0.5, 0.6) is 0 Å². The van der Waals surface area contributed by atoms with Gasteiger partial charge in [-0.05, 0) is 0 Å². The number of hydrogen-bond donors (Lipinski definition) is 5. The molecular weight excluding hydrogens is 316 g/mol. The maximum atomic E-state index is 10.1. The Kier molecular flexibility index (Phi) is 5.18. The van der Waals surface area contributed by atoms with E-state index in [1.54, 1.807) is 0 Å². The van der Waals surface area contributed by atoms with E-state index in [0.717, 1.165) is 0 Å². The third kappa shape index (κ3) is 3.00. The molecule has 0 unspecified atom stereocenters. The van der Waals surface area contributed by atoms with Crippen LogP contribution in [0.2, 0.25) is 0 Å². The van der Waals surface area contributed by atoms with E-state index < -0.39 is 68.0 Å². The first-order valence-corrected chi connectivity index (χ1v) is 7.41. The van der Waals surface area contributed by atoms with Gasteiger partial charge in [0.2, 0.25) is 0 Å². The van der Waals surface area contributed by atoms with Gasteiger partial charge < -0.3 is 49.2 Å². The Hall–Kier alpha value is -0.400. The number of methoxy groups -OCH3 is 1. The zero-order chi connectivity index (χ0) is 16.7. The maximum Gasteiger partial charge on any atom is 0.187 e. The zero-order valence-corrected chi connectivity index (χ0v) is 12.5. The molecule has 10 nitrogen and oxygen atoms in total. The maximum absolute atomic E-state index is 10.1. The predicted octanol–water partition coefficient (Wildman–Crippen LogP) is -3.70. The first-order chi connectivity index (χ1) is 11.0. The quantitative estimate of drug-likeness (QED) is 0.347. The van der Waals surface area contributed by atoms with Crippen LogP contribution >= 0.6 is 0 Å². The third-order valence-corrected chi connectivity index (χ3v) is 4.44. The van der Waals surface area contributed by atoms with Gasteiger partial charge in [-0.3, -0.25) is 0 Å². The smallest absolute Gasteiger partial charge is 0.187 e. The molecule has 5 N–H and O–H groups in total. The van der Waals surface area contributed by atoms with E-state index in [1.165, 1.54) is 7.11 Å². The first-order valence-electron chi connectivity index (χ1n) is 7.41. The van der Waals surface area contributed by atoms with Crippen molar-refractivity contribution in [1.82, 2.24) is 0 Å². The van der Waals surface area contributed by atoms with Crippen molar-refractivity contribution in [3.63, 3.8) is 0 Å². The van der Waals surface area contributed by atoms with Crippen molar-refractivity contribution >= 4 is 0 Å². The second kappa shape index (κ2) is 6.84. The van der Waals surface area contributed by atoms with Crippen molar-refractivity contribution in [3.8, 4) is 0 Å². The molecule has 23 heavy (non-hydrogen) atoms. The lowest BCUT2D eigenvalue weighted by Crippen LogP contribution is -2.62. The lowest BCUT2D eigenvalue weighted by atomic mass is 9.98. The van der Waals surface area contributed by atoms with Gasteiger partial charge in [-0.15, -0.1) is 0 Å². The van der Waals surface area contributed by atoms with Gasteiger partial charge in [0, 0.05) is 7.11 Å². The molecule has 134 valence electrons. The molecule has 0 aromatic rings. The molecule has 3 saturated heterocycles. The molecule has 3 heterocycles. The van der Waals surface area contributed by atoms with Gasteiger partial charge in [-0.25, -0.2) is 0 Å². The van der Waals surface area contributed by atoms with Crippen molar-refractivity contribution in [1.29, 1.82) is 0 Å². The standard InChI is InChI=1S/C13H22O10/c1-19-12-9(18)11-10(5(22-12)3-20-11)23-13-8(17)7(16)6(15)4(2-14)21-13/h4-18H,2-3H2,1H3/t4-,5-,6+,7+,8-,9-,10+,11-,12+,13+/m1/s1. The fourth-order valence-electron chi connectivity index (χ4n) is 3.12. The molecule has 3 aliphatic rings. The molecule has 3 rings (SSSR count). The Morgan fingerprint density at radius 2 is 1.70 bits per heavy atom. The molecule has 0 aromatic carbocycles. The Morgan fingerprint density at radius 3 is 2.35 bits per heavy atom. The molecule has 0 saturated carbocycles. The highest BCUT2D eigenvalue weighted by Gasteiger charge is 2.54. The van der Waals surface area contributed by atoms with E-state index in [0.29, 0.717) is 0 Å². The van der Waals surface area contributed by atoms with Crippen molar-refractivity contribution in [2.45, 2.75) is 61.4 Å². The van der Waals surface area contributed by atoms with Crippen molar-refractivity contribution in [2.75, 3.05) is 20.3 Å². The number of aliphatic hydroxyl groups is 5. The van der Waals surface area contributed by atoms with Gasteiger partial charge >= 0.3 is 0 Å². The summed E-state index contributed by atoms with van der Waals surface area (Å²) < 4.78 is 26.9. The van der Waals surface area contributed by atoms with E-state index in [1.807, 2.05) is 0 Å². The van der Waals surface area contributed by atoms with Crippen molar-refractivity contribution < 1.29 is 49.2 Å². The molecule has 0 aromatic heterocycles. The second-order valence-electron chi connectivity index (χ2n) is 5.87. The molecule has 2 bridgehead atoms. The van der Waals surface area contributed by atoms with E-state index in [2.05, 4.69) is 0 Å². The highest BCUT2D eigenvalue weighted by Crippen LogP contribution is 2.34. The minimum atomic E-state index is -1.54. The molecular formula is C13H22O10. The van der Waals surface area contributed by atoms with Crippen LogP contribution in [0, 0.1) is 0 Å². The SMILES string of the molecule is CO[C@H]1O[C@@H]2CO[C@H]([C@H]1O)[C@H]2O[C@@H]1O[C@H](CO)[C@H](O)[C@H](O)[C@H]1O. The molecule has 3 fully saturated rings. The lowest BCUT2D eigenvalue weighted by molar-refractivity contribution is -0.338. The fraction of sp³-hybridized carbons (Fsp3) is 1.00. The van der Waals surface area contributed by atoms with Gasteiger partial charge in [0.05, 0.1) is 13.2 Å². The van der Waals surface area contributed by atoms with E-state index in [9.17, 15) is 25.5 Å². The summed E-state index contributed by atoms with van der Waals surface area (Å²) in [5.74, 6) is 0. The van der Waals surface area contributed by atoms with Crippen molar-refractivity contribution in [3.05, 3.63) is 0 Å². The number of aliphatic hydroxyl groups excluding tert-OH is 5. The number of ether oxygens (including phenoxy) is 5. The van der Waals surface area contributed by atoms with E-state index in [4.69, 9.17) is 23.7 Å². The summed E-state index contributed by atoms with van der Waals surface area (Å²) in [6, 6.07) is 0. The Morgan fingerprint density at radius 1 is 0.957 bits per heavy atom. The van der Waals surface area contributed by atoms with Crippen LogP contribution in [0.15, 0.2) is 0 Å². The summed E-state index contributed by atoms with van der Waals surface area (Å²) in [5, 5.41) is 48.8. The molecule has 0 spiro atoms. The van der Waals surface area contributed by atoms with Crippen LogP contribution < -0.4 is 0 Å². The second-order valence-corrected chi connectivity index (χ2v) is 5.87. The zero-order valence-electron chi connectivity index (χ0n) is 12.5. The molecule has 0 aliphatic carbocycles. The average Bonchev–Trinajstić information content (AvgIpc) is 2.86. The number of fused-ring (bicyclic) bond motifs is 2. The highest BCUT2D eigenvalue weighted by molar-refractivity contribution is 4.98. The van der Waals surface area contributed by atoms with Gasteiger partial charge in [0.25, 0.3) is 0 Å². The summed E-state index contributed by atoms with van der Waals surface area (Å²) in [4.78, 5) is 0. The fourth-order valence-corrected chi connectivity index (χ4v) is 3.12. The first kappa shape index (κ1) is 17.4. The minimum Gasteiger partial charge on any atom is -0.394 e. The van der Waals surface area contributed by atoms with Crippen LogP contribution in [0.4, 0.5) is 0 Å². The number of rotatable bonds is 4. The van der Waals surface area contributed by atoms with Crippen LogP contribution in [-0.4, -0.2) is 107 Å². The van der Waals surface area contributed by atoms with Crippen molar-refractivity contribution in [2.24, 2.45) is 0 Å². The molecule has 0 radical (unpaired) electrons. The van der Waals surface area contributed by atoms with Crippen LogP contribution in [0.25, 0.3) is 0 Å². The normalized spacial score (nSPS) is 53.5. The molecule has 3 aliphatic heterocycles. The van der Waals surface area contributed by atoms with Crippen LogP contribution in [0.3, 0.4) is 0 Å².